The first-order valence-corrected chi connectivity index (χ1v) is 9.10. The number of alkyl halides is 6. The molecule has 0 unspecified atom stereocenters. The molecule has 8 nitrogen and oxygen atoms in total. The summed E-state index contributed by atoms with van der Waals surface area (Å²) in [6.45, 7) is -1.45. The fourth-order valence-corrected chi connectivity index (χ4v) is 2.89. The lowest BCUT2D eigenvalue weighted by molar-refractivity contribution is -0.388. The van der Waals surface area contributed by atoms with E-state index in [1.807, 2.05) is 0 Å². The molecular formula is C13H12F6N2O6S. The maximum atomic E-state index is 13.2. The Balaban J connectivity index is 2.41. The lowest BCUT2D eigenvalue weighted by atomic mass is 10.1. The summed E-state index contributed by atoms with van der Waals surface area (Å²) in [4.78, 5) is 9.86. The highest BCUT2D eigenvalue weighted by atomic mass is 32.2. The maximum Gasteiger partial charge on any atom is 0.433 e. The smallest absolute Gasteiger partial charge is 0.342 e. The SMILES string of the molecule is CS(=O)(=O)OC[C@@H]1CN(c2ccc([N+](=O)[O-])c(C(F)(F)F)c2)[C@@H](C(F)(F)F)O1. The summed E-state index contributed by atoms with van der Waals surface area (Å²) in [5.41, 5.74) is -3.69. The van der Waals surface area contributed by atoms with E-state index in [2.05, 4.69) is 8.92 Å². The first-order valence-electron chi connectivity index (χ1n) is 7.28. The summed E-state index contributed by atoms with van der Waals surface area (Å²) < 4.78 is 110. The van der Waals surface area contributed by atoms with E-state index < -0.39 is 69.8 Å². The van der Waals surface area contributed by atoms with Crippen LogP contribution in [0.2, 0.25) is 0 Å². The number of ether oxygens (including phenoxy) is 1. The van der Waals surface area contributed by atoms with Gasteiger partial charge < -0.3 is 9.64 Å². The Morgan fingerprint density at radius 3 is 2.36 bits per heavy atom. The number of nitrogens with zero attached hydrogens (tertiary/aromatic N) is 2. The summed E-state index contributed by atoms with van der Waals surface area (Å²) >= 11 is 0. The highest BCUT2D eigenvalue weighted by Crippen LogP contribution is 2.41. The van der Waals surface area contributed by atoms with Crippen LogP contribution >= 0.6 is 0 Å². The largest absolute Gasteiger partial charge is 0.433 e. The number of halogens is 6. The number of hydrogen-bond donors (Lipinski definition) is 0. The van der Waals surface area contributed by atoms with Crippen LogP contribution < -0.4 is 4.90 Å². The van der Waals surface area contributed by atoms with Crippen molar-refractivity contribution in [2.75, 3.05) is 24.3 Å². The van der Waals surface area contributed by atoms with Crippen LogP contribution in [0.1, 0.15) is 5.56 Å². The van der Waals surface area contributed by atoms with E-state index in [0.29, 0.717) is 17.2 Å². The first kappa shape index (κ1) is 22.2. The van der Waals surface area contributed by atoms with Crippen molar-refractivity contribution in [1.29, 1.82) is 0 Å². The predicted octanol–water partition coefficient (Wildman–Crippen LogP) is 2.68. The number of anilines is 1. The maximum absolute atomic E-state index is 13.2. The van der Waals surface area contributed by atoms with Crippen molar-refractivity contribution in [3.63, 3.8) is 0 Å². The van der Waals surface area contributed by atoms with Crippen LogP contribution in [0.15, 0.2) is 18.2 Å². The molecule has 1 fully saturated rings. The lowest BCUT2D eigenvalue weighted by Gasteiger charge is -2.27. The quantitative estimate of drug-likeness (QED) is 0.302. The number of rotatable bonds is 5. The Morgan fingerprint density at radius 1 is 1.29 bits per heavy atom. The zero-order chi connectivity index (χ0) is 21.5. The summed E-state index contributed by atoms with van der Waals surface area (Å²) in [6, 6.07) is 1.36. The van der Waals surface area contributed by atoms with Gasteiger partial charge in [0.1, 0.15) is 11.7 Å². The highest BCUT2D eigenvalue weighted by Gasteiger charge is 2.51. The molecule has 0 radical (unpaired) electrons. The van der Waals surface area contributed by atoms with Crippen molar-refractivity contribution in [1.82, 2.24) is 0 Å². The van der Waals surface area contributed by atoms with Gasteiger partial charge in [-0.1, -0.05) is 0 Å². The Hall–Kier alpha value is -2.13. The molecule has 0 aromatic heterocycles. The normalized spacial score (nSPS) is 21.2. The van der Waals surface area contributed by atoms with Crippen LogP contribution in [-0.4, -0.2) is 51.3 Å². The van der Waals surface area contributed by atoms with Gasteiger partial charge in [0.2, 0.25) is 6.23 Å². The average Bonchev–Trinajstić information content (AvgIpc) is 2.95. The van der Waals surface area contributed by atoms with Gasteiger partial charge in [-0.15, -0.1) is 0 Å². The van der Waals surface area contributed by atoms with E-state index in [-0.39, 0.29) is 6.07 Å². The standard InChI is InChI=1S/C13H12F6N2O6S/c1-28(24,25)26-6-8-5-20(11(27-8)13(17,18)19)7-2-3-10(21(22)23)9(4-7)12(14,15)16/h2-4,8,11H,5-6H2,1H3/t8-,11+/m0/s1. The first-order chi connectivity index (χ1) is 12.6. The molecule has 28 heavy (non-hydrogen) atoms. The Morgan fingerprint density at radius 2 is 1.89 bits per heavy atom. The van der Waals surface area contributed by atoms with E-state index in [0.717, 1.165) is 6.07 Å². The van der Waals surface area contributed by atoms with Crippen molar-refractivity contribution in [2.24, 2.45) is 0 Å². The number of nitro benzene ring substituents is 1. The van der Waals surface area contributed by atoms with Gasteiger partial charge in [0.05, 0.1) is 17.8 Å². The van der Waals surface area contributed by atoms with Crippen LogP contribution in [0.25, 0.3) is 0 Å². The van der Waals surface area contributed by atoms with Gasteiger partial charge in [0.25, 0.3) is 15.8 Å². The number of nitro groups is 1. The Kier molecular flexibility index (Phi) is 5.83. The van der Waals surface area contributed by atoms with Gasteiger partial charge in [-0.25, -0.2) is 0 Å². The summed E-state index contributed by atoms with van der Waals surface area (Å²) in [5, 5.41) is 10.8. The molecule has 0 spiro atoms. The molecule has 158 valence electrons. The van der Waals surface area contributed by atoms with Gasteiger partial charge in [0, 0.05) is 18.3 Å². The molecule has 1 aliphatic heterocycles. The molecule has 2 atom stereocenters. The molecule has 1 aromatic carbocycles. The van der Waals surface area contributed by atoms with Crippen molar-refractivity contribution in [2.45, 2.75) is 24.7 Å². The molecule has 0 bridgehead atoms. The zero-order valence-corrected chi connectivity index (χ0v) is 14.6. The zero-order valence-electron chi connectivity index (χ0n) is 13.8. The van der Waals surface area contributed by atoms with E-state index in [4.69, 9.17) is 0 Å². The van der Waals surface area contributed by atoms with E-state index in [9.17, 15) is 44.9 Å². The molecule has 0 amide bonds. The highest BCUT2D eigenvalue weighted by molar-refractivity contribution is 7.85. The monoisotopic (exact) mass is 438 g/mol. The molecule has 1 saturated heterocycles. The second kappa shape index (κ2) is 7.36. The molecule has 0 saturated carbocycles. The number of benzene rings is 1. The van der Waals surface area contributed by atoms with E-state index in [1.165, 1.54) is 0 Å². The molecule has 0 aliphatic carbocycles. The minimum absolute atomic E-state index is 0.208. The van der Waals surface area contributed by atoms with Crippen molar-refractivity contribution in [3.8, 4) is 0 Å². The van der Waals surface area contributed by atoms with Gasteiger partial charge in [-0.2, -0.15) is 34.8 Å². The Bertz CT molecular complexity index is 856. The fraction of sp³-hybridized carbons (Fsp3) is 0.538. The lowest BCUT2D eigenvalue weighted by Crippen LogP contribution is -2.42. The number of hydrogen-bond acceptors (Lipinski definition) is 7. The minimum Gasteiger partial charge on any atom is -0.342 e. The van der Waals surface area contributed by atoms with E-state index in [1.54, 1.807) is 0 Å². The molecule has 0 N–H and O–H groups in total. The van der Waals surface area contributed by atoms with Crippen LogP contribution in [0.4, 0.5) is 37.7 Å². The molecular weight excluding hydrogens is 426 g/mol. The molecule has 15 heteroatoms. The third-order valence-electron chi connectivity index (χ3n) is 3.57. The molecule has 2 rings (SSSR count). The van der Waals surface area contributed by atoms with Crippen LogP contribution in [0.5, 0.6) is 0 Å². The van der Waals surface area contributed by atoms with Crippen LogP contribution in [0.3, 0.4) is 0 Å². The third kappa shape index (κ3) is 5.23. The predicted molar refractivity (Wildman–Crippen MR) is 81.0 cm³/mol. The fourth-order valence-electron chi connectivity index (χ4n) is 2.49. The van der Waals surface area contributed by atoms with Gasteiger partial charge in [-0.3, -0.25) is 14.3 Å². The van der Waals surface area contributed by atoms with Crippen molar-refractivity contribution >= 4 is 21.5 Å². The second-order valence-corrected chi connectivity index (χ2v) is 7.39. The minimum atomic E-state index is -5.19. The van der Waals surface area contributed by atoms with Gasteiger partial charge >= 0.3 is 12.4 Å². The second-order valence-electron chi connectivity index (χ2n) is 5.75. The molecule has 1 aliphatic rings. The van der Waals surface area contributed by atoms with Crippen LogP contribution in [-0.2, 0) is 25.2 Å². The Labute approximate surface area is 153 Å². The van der Waals surface area contributed by atoms with Crippen molar-refractivity contribution in [3.05, 3.63) is 33.9 Å². The average molecular weight is 438 g/mol. The van der Waals surface area contributed by atoms with Crippen molar-refractivity contribution < 1.29 is 48.6 Å². The molecule has 1 heterocycles. The summed E-state index contributed by atoms with van der Waals surface area (Å²) in [5.74, 6) is 0. The summed E-state index contributed by atoms with van der Waals surface area (Å²) in [6.07, 6.45) is -13.7. The summed E-state index contributed by atoms with van der Waals surface area (Å²) in [7, 11) is -3.99. The van der Waals surface area contributed by atoms with Gasteiger partial charge in [-0.05, 0) is 12.1 Å². The topological polar surface area (TPSA) is 99.0 Å². The van der Waals surface area contributed by atoms with E-state index >= 15 is 0 Å². The third-order valence-corrected chi connectivity index (χ3v) is 4.13. The molecule has 1 aromatic rings. The van der Waals surface area contributed by atoms with Gasteiger partial charge in [0.15, 0.2) is 0 Å². The van der Waals surface area contributed by atoms with Crippen LogP contribution in [0, 0.1) is 10.1 Å².